The van der Waals surface area contributed by atoms with Crippen LogP contribution in [0.1, 0.15) is 15.9 Å². The molecule has 81 valence electrons. The van der Waals surface area contributed by atoms with Gasteiger partial charge in [-0.3, -0.25) is 10.5 Å². The number of rotatable bonds is 6. The number of ether oxygens (including phenoxy) is 1. The summed E-state index contributed by atoms with van der Waals surface area (Å²) in [4.78, 5) is 10.8. The van der Waals surface area contributed by atoms with Crippen LogP contribution in [0.25, 0.3) is 0 Å². The van der Waals surface area contributed by atoms with Crippen molar-refractivity contribution in [1.82, 2.24) is 11.1 Å². The first-order chi connectivity index (χ1) is 7.24. The summed E-state index contributed by atoms with van der Waals surface area (Å²) in [5.74, 6) is -0.645. The Morgan fingerprint density at radius 1 is 1.53 bits per heavy atom. The van der Waals surface area contributed by atoms with Crippen molar-refractivity contribution in [1.29, 1.82) is 0 Å². The van der Waals surface area contributed by atoms with Crippen molar-refractivity contribution in [3.05, 3.63) is 35.4 Å². The number of benzene rings is 1. The molecule has 4 nitrogen and oxygen atoms in total. The second-order valence-electron chi connectivity index (χ2n) is 3.20. The summed E-state index contributed by atoms with van der Waals surface area (Å²) in [5.41, 5.74) is 8.41. The van der Waals surface area contributed by atoms with Gasteiger partial charge in [-0.05, 0) is 17.7 Å². The van der Waals surface area contributed by atoms with E-state index in [0.717, 1.165) is 12.1 Å². The number of hydrogen-bond acceptors (Lipinski definition) is 3. The van der Waals surface area contributed by atoms with Crippen LogP contribution >= 0.6 is 0 Å². The van der Waals surface area contributed by atoms with Gasteiger partial charge in [-0.25, -0.2) is 0 Å². The van der Waals surface area contributed by atoms with Crippen LogP contribution in [-0.2, 0) is 11.3 Å². The van der Waals surface area contributed by atoms with Crippen LogP contribution in [0.5, 0.6) is 0 Å². The van der Waals surface area contributed by atoms with E-state index in [1.165, 1.54) is 0 Å². The molecule has 1 aromatic carbocycles. The summed E-state index contributed by atoms with van der Waals surface area (Å²) in [6, 6.07) is 7.09. The summed E-state index contributed by atoms with van der Waals surface area (Å²) in [7, 11) is 1.65. The van der Waals surface area contributed by atoms with E-state index in [9.17, 15) is 4.79 Å². The third-order valence-electron chi connectivity index (χ3n) is 2.00. The minimum atomic E-state index is -0.645. The van der Waals surface area contributed by atoms with Crippen LogP contribution in [0.2, 0.25) is 0 Å². The lowest BCUT2D eigenvalue weighted by Crippen LogP contribution is -2.18. The van der Waals surface area contributed by atoms with Crippen LogP contribution < -0.4 is 11.1 Å². The van der Waals surface area contributed by atoms with Gasteiger partial charge < -0.3 is 10.1 Å². The Morgan fingerprint density at radius 3 is 3.00 bits per heavy atom. The van der Waals surface area contributed by atoms with E-state index >= 15 is 0 Å². The van der Waals surface area contributed by atoms with Crippen molar-refractivity contribution >= 4 is 5.91 Å². The highest BCUT2D eigenvalue weighted by Gasteiger charge is 2.01. The Bertz CT molecular complexity index is 326. The van der Waals surface area contributed by atoms with Gasteiger partial charge >= 0.3 is 0 Å². The summed E-state index contributed by atoms with van der Waals surface area (Å²) >= 11 is 0. The first-order valence-corrected chi connectivity index (χ1v) is 4.78. The molecule has 0 fully saturated rings. The molecule has 2 N–H and O–H groups in total. The van der Waals surface area contributed by atoms with Gasteiger partial charge in [0.2, 0.25) is 0 Å². The number of carbonyl (C=O) groups is 1. The maximum atomic E-state index is 10.8. The highest BCUT2D eigenvalue weighted by molar-refractivity contribution is 5.92. The Morgan fingerprint density at radius 2 is 2.33 bits per heavy atom. The third-order valence-corrected chi connectivity index (χ3v) is 2.00. The molecular weight excluding hydrogens is 192 g/mol. The zero-order chi connectivity index (χ0) is 11.1. The van der Waals surface area contributed by atoms with Gasteiger partial charge in [0.15, 0.2) is 0 Å². The Balaban J connectivity index is 2.47. The van der Waals surface area contributed by atoms with Crippen LogP contribution in [-0.4, -0.2) is 26.2 Å². The Labute approximate surface area is 89.4 Å². The summed E-state index contributed by atoms with van der Waals surface area (Å²) in [6.07, 6.45) is 0. The predicted octanol–water partition coefficient (Wildman–Crippen LogP) is 0.846. The monoisotopic (exact) mass is 207 g/mol. The van der Waals surface area contributed by atoms with Crippen molar-refractivity contribution in [2.24, 2.45) is 0 Å². The zero-order valence-corrected chi connectivity index (χ0v) is 8.75. The van der Waals surface area contributed by atoms with E-state index in [1.54, 1.807) is 25.3 Å². The number of amides is 1. The van der Waals surface area contributed by atoms with E-state index in [1.807, 2.05) is 6.07 Å². The molecule has 0 aliphatic carbocycles. The van der Waals surface area contributed by atoms with E-state index in [2.05, 4.69) is 5.32 Å². The molecule has 0 heterocycles. The van der Waals surface area contributed by atoms with Crippen molar-refractivity contribution in [2.75, 3.05) is 20.3 Å². The van der Waals surface area contributed by atoms with Gasteiger partial charge in [-0.1, -0.05) is 12.1 Å². The molecule has 4 heteroatoms. The fraction of sp³-hybridized carbons (Fsp3) is 0.364. The minimum Gasteiger partial charge on any atom is -0.383 e. The van der Waals surface area contributed by atoms with E-state index in [-0.39, 0.29) is 0 Å². The van der Waals surface area contributed by atoms with Crippen molar-refractivity contribution < 1.29 is 9.53 Å². The Hall–Kier alpha value is -1.39. The summed E-state index contributed by atoms with van der Waals surface area (Å²) < 4.78 is 4.90. The quantitative estimate of drug-likeness (QED) is 0.703. The average molecular weight is 207 g/mol. The molecule has 0 aromatic heterocycles. The van der Waals surface area contributed by atoms with Crippen LogP contribution in [0.15, 0.2) is 24.3 Å². The standard InChI is InChI=1S/C11H15N2O2/c1-15-6-5-13-8-9-3-2-4-10(7-9)11(12)14/h2-4,7,12-13H,5-6,8H2,1H3. The normalized spacial score (nSPS) is 10.2. The van der Waals surface area contributed by atoms with Crippen molar-refractivity contribution in [3.63, 3.8) is 0 Å². The molecular formula is C11H15N2O2. The fourth-order valence-electron chi connectivity index (χ4n) is 1.23. The van der Waals surface area contributed by atoms with Crippen LogP contribution in [0, 0.1) is 0 Å². The number of carbonyl (C=O) groups excluding carboxylic acids is 1. The molecule has 0 spiro atoms. The van der Waals surface area contributed by atoms with Gasteiger partial charge in [-0.2, -0.15) is 0 Å². The molecule has 1 amide bonds. The van der Waals surface area contributed by atoms with Crippen LogP contribution in [0.4, 0.5) is 0 Å². The molecule has 0 atom stereocenters. The van der Waals surface area contributed by atoms with Gasteiger partial charge in [0, 0.05) is 25.8 Å². The molecule has 0 bridgehead atoms. The summed E-state index contributed by atoms with van der Waals surface area (Å²) in [6.45, 7) is 2.12. The fourth-order valence-corrected chi connectivity index (χ4v) is 1.23. The van der Waals surface area contributed by atoms with Gasteiger partial charge in [0.1, 0.15) is 0 Å². The molecule has 0 unspecified atom stereocenters. The van der Waals surface area contributed by atoms with Gasteiger partial charge in [-0.15, -0.1) is 0 Å². The highest BCUT2D eigenvalue weighted by Crippen LogP contribution is 2.04. The predicted molar refractivity (Wildman–Crippen MR) is 57.5 cm³/mol. The van der Waals surface area contributed by atoms with E-state index in [0.29, 0.717) is 18.7 Å². The van der Waals surface area contributed by atoms with Gasteiger partial charge in [0.25, 0.3) is 5.91 Å². The molecule has 0 aliphatic rings. The first-order valence-electron chi connectivity index (χ1n) is 4.78. The smallest absolute Gasteiger partial charge is 0.269 e. The molecule has 0 saturated heterocycles. The van der Waals surface area contributed by atoms with E-state index < -0.39 is 5.91 Å². The lowest BCUT2D eigenvalue weighted by molar-refractivity contribution is 0.0992. The van der Waals surface area contributed by atoms with Crippen molar-refractivity contribution in [2.45, 2.75) is 6.54 Å². The van der Waals surface area contributed by atoms with Gasteiger partial charge in [0.05, 0.1) is 6.61 Å². The third kappa shape index (κ3) is 4.10. The highest BCUT2D eigenvalue weighted by atomic mass is 16.5. The number of hydrogen-bond donors (Lipinski definition) is 1. The topological polar surface area (TPSA) is 62.1 Å². The number of methoxy groups -OCH3 is 1. The second kappa shape index (κ2) is 6.16. The summed E-state index contributed by atoms with van der Waals surface area (Å²) in [5, 5.41) is 3.17. The van der Waals surface area contributed by atoms with Crippen molar-refractivity contribution in [3.8, 4) is 0 Å². The molecule has 0 aliphatic heterocycles. The minimum absolute atomic E-state index is 0.432. The van der Waals surface area contributed by atoms with Crippen LogP contribution in [0.3, 0.4) is 0 Å². The molecule has 15 heavy (non-hydrogen) atoms. The molecule has 0 saturated carbocycles. The molecule has 1 rings (SSSR count). The Kier molecular flexibility index (Phi) is 4.80. The largest absolute Gasteiger partial charge is 0.383 e. The molecule has 1 radical (unpaired) electrons. The molecule has 1 aromatic rings. The lowest BCUT2D eigenvalue weighted by Gasteiger charge is -2.04. The maximum Gasteiger partial charge on any atom is 0.269 e. The SMILES string of the molecule is COCCNCc1cccc(C([NH])=O)c1. The lowest BCUT2D eigenvalue weighted by atomic mass is 10.1. The zero-order valence-electron chi connectivity index (χ0n) is 8.75. The maximum absolute atomic E-state index is 10.8. The van der Waals surface area contributed by atoms with E-state index in [4.69, 9.17) is 10.5 Å². The first kappa shape index (κ1) is 11.7. The second-order valence-corrected chi connectivity index (χ2v) is 3.20. The average Bonchev–Trinajstić information content (AvgIpc) is 2.25. The number of nitrogens with one attached hydrogen (secondary N) is 2.